The van der Waals surface area contributed by atoms with Crippen LogP contribution >= 0.6 is 15.9 Å². The summed E-state index contributed by atoms with van der Waals surface area (Å²) in [6.45, 7) is 3.23. The van der Waals surface area contributed by atoms with Gasteiger partial charge in [0.25, 0.3) is 5.91 Å². The number of anilines is 1. The zero-order chi connectivity index (χ0) is 21.5. The number of fused-ring (bicyclic) bond motifs is 1. The largest absolute Gasteiger partial charge is 0.346 e. The molecule has 1 fully saturated rings. The lowest BCUT2D eigenvalue weighted by molar-refractivity contribution is -0.107. The summed E-state index contributed by atoms with van der Waals surface area (Å²) in [5.74, 6) is 0.725. The summed E-state index contributed by atoms with van der Waals surface area (Å²) in [6, 6.07) is 9.63. The molecule has 7 nitrogen and oxygen atoms in total. The first-order valence-corrected chi connectivity index (χ1v) is 11.2. The van der Waals surface area contributed by atoms with Gasteiger partial charge < -0.3 is 9.88 Å². The van der Waals surface area contributed by atoms with Crippen molar-refractivity contribution in [2.75, 3.05) is 18.0 Å². The number of hydrogen-bond acceptors (Lipinski definition) is 4. The smallest absolute Gasteiger partial charge is 0.272 e. The van der Waals surface area contributed by atoms with Crippen LogP contribution in [0.5, 0.6) is 0 Å². The zero-order valence-electron chi connectivity index (χ0n) is 17.1. The molecular formula is C23H22BrN5O2. The van der Waals surface area contributed by atoms with Gasteiger partial charge in [0.1, 0.15) is 21.8 Å². The highest BCUT2D eigenvalue weighted by Crippen LogP contribution is 2.36. The maximum absolute atomic E-state index is 12.9. The molecule has 1 saturated carbocycles. The van der Waals surface area contributed by atoms with E-state index < -0.39 is 0 Å². The van der Waals surface area contributed by atoms with Crippen LogP contribution in [0.1, 0.15) is 35.8 Å². The Labute approximate surface area is 188 Å². The maximum atomic E-state index is 12.9. The number of rotatable bonds is 5. The van der Waals surface area contributed by atoms with E-state index >= 15 is 0 Å². The Morgan fingerprint density at radius 2 is 2.13 bits per heavy atom. The van der Waals surface area contributed by atoms with Crippen LogP contribution in [0.3, 0.4) is 0 Å². The summed E-state index contributed by atoms with van der Waals surface area (Å²) in [6.07, 6.45) is 6.88. The third kappa shape index (κ3) is 3.76. The van der Waals surface area contributed by atoms with Crippen LogP contribution in [-0.2, 0) is 4.79 Å². The number of halogens is 1. The topological polar surface area (TPSA) is 82.2 Å². The third-order valence-electron chi connectivity index (χ3n) is 5.92. The van der Waals surface area contributed by atoms with Crippen molar-refractivity contribution in [3.63, 3.8) is 0 Å². The van der Waals surface area contributed by atoms with Crippen molar-refractivity contribution in [2.45, 2.75) is 25.8 Å². The molecule has 0 saturated heterocycles. The van der Waals surface area contributed by atoms with Crippen LogP contribution in [-0.4, -0.2) is 51.3 Å². The van der Waals surface area contributed by atoms with Gasteiger partial charge in [-0.3, -0.25) is 14.5 Å². The summed E-state index contributed by atoms with van der Waals surface area (Å²) in [7, 11) is 0. The lowest BCUT2D eigenvalue weighted by Gasteiger charge is -2.31. The second-order valence-corrected chi connectivity index (χ2v) is 8.94. The maximum Gasteiger partial charge on any atom is 0.272 e. The Balaban J connectivity index is 1.48. The van der Waals surface area contributed by atoms with Crippen LogP contribution in [0.15, 0.2) is 47.2 Å². The molecule has 5 rings (SSSR count). The van der Waals surface area contributed by atoms with Gasteiger partial charge in [-0.1, -0.05) is 19.1 Å². The van der Waals surface area contributed by atoms with Crippen LogP contribution in [0.2, 0.25) is 0 Å². The van der Waals surface area contributed by atoms with Gasteiger partial charge in [-0.05, 0) is 70.1 Å². The molecule has 0 bridgehead atoms. The fourth-order valence-electron chi connectivity index (χ4n) is 4.22. The van der Waals surface area contributed by atoms with Gasteiger partial charge in [0.05, 0.1) is 0 Å². The number of nitrogens with one attached hydrogen (secondary N) is 1. The van der Waals surface area contributed by atoms with Crippen LogP contribution in [0.25, 0.3) is 16.6 Å². The van der Waals surface area contributed by atoms with Crippen LogP contribution in [0.4, 0.5) is 5.82 Å². The van der Waals surface area contributed by atoms with Gasteiger partial charge in [-0.25, -0.2) is 9.97 Å². The number of hydrogen-bond donors (Lipinski definition) is 1. The Kier molecular flexibility index (Phi) is 5.09. The van der Waals surface area contributed by atoms with E-state index in [0.717, 1.165) is 35.8 Å². The molecule has 0 radical (unpaired) electrons. The van der Waals surface area contributed by atoms with Crippen molar-refractivity contribution in [2.24, 2.45) is 5.92 Å². The number of H-pyrrole nitrogens is 1. The lowest BCUT2D eigenvalue weighted by atomic mass is 9.89. The van der Waals surface area contributed by atoms with Crippen molar-refractivity contribution in [1.82, 2.24) is 19.9 Å². The van der Waals surface area contributed by atoms with E-state index in [1.165, 1.54) is 5.57 Å². The number of carbonyl (C=O) groups is 2. The Bertz CT molecular complexity index is 1200. The molecule has 0 aromatic carbocycles. The molecule has 1 atom stereocenters. The summed E-state index contributed by atoms with van der Waals surface area (Å²) in [5.41, 5.74) is 3.43. The molecule has 8 heteroatoms. The Morgan fingerprint density at radius 3 is 2.84 bits per heavy atom. The molecule has 1 N–H and O–H groups in total. The minimum atomic E-state index is -0.0773. The molecule has 1 aliphatic carbocycles. The average molecular weight is 480 g/mol. The first-order valence-electron chi connectivity index (χ1n) is 10.4. The summed E-state index contributed by atoms with van der Waals surface area (Å²) >= 11 is 3.33. The molecule has 2 amide bonds. The number of pyridine rings is 2. The molecule has 1 aliphatic heterocycles. The Morgan fingerprint density at radius 1 is 1.29 bits per heavy atom. The van der Waals surface area contributed by atoms with Crippen molar-refractivity contribution in [1.29, 1.82) is 0 Å². The second kappa shape index (κ2) is 7.92. The lowest BCUT2D eigenvalue weighted by Crippen LogP contribution is -2.38. The SMILES string of the molecule is CC1CN(C(=O)c2cccc(Br)n2)CC=C1c1cc(N(C=O)C2CC2)nc2[nH]ccc12. The Hall–Kier alpha value is -3.00. The van der Waals surface area contributed by atoms with E-state index in [4.69, 9.17) is 0 Å². The quantitative estimate of drug-likeness (QED) is 0.442. The first-order chi connectivity index (χ1) is 15.0. The van der Waals surface area contributed by atoms with Crippen molar-refractivity contribution in [3.05, 3.63) is 58.5 Å². The van der Waals surface area contributed by atoms with E-state index in [-0.39, 0.29) is 17.9 Å². The number of aromatic amines is 1. The molecule has 31 heavy (non-hydrogen) atoms. The van der Waals surface area contributed by atoms with Gasteiger partial charge >= 0.3 is 0 Å². The predicted octanol–water partition coefficient (Wildman–Crippen LogP) is 4.02. The molecule has 3 aromatic heterocycles. The van der Waals surface area contributed by atoms with Crippen molar-refractivity contribution in [3.8, 4) is 0 Å². The highest BCUT2D eigenvalue weighted by molar-refractivity contribution is 9.10. The zero-order valence-corrected chi connectivity index (χ0v) is 18.7. The minimum absolute atomic E-state index is 0.0773. The van der Waals surface area contributed by atoms with Crippen LogP contribution < -0.4 is 4.90 Å². The molecule has 4 heterocycles. The highest BCUT2D eigenvalue weighted by Gasteiger charge is 2.31. The van der Waals surface area contributed by atoms with E-state index in [2.05, 4.69) is 43.9 Å². The molecule has 3 aromatic rings. The van der Waals surface area contributed by atoms with Gasteiger partial charge in [0.2, 0.25) is 6.41 Å². The molecule has 1 unspecified atom stereocenters. The average Bonchev–Trinajstić information content (AvgIpc) is 3.49. The van der Waals surface area contributed by atoms with Gasteiger partial charge in [-0.15, -0.1) is 0 Å². The van der Waals surface area contributed by atoms with E-state index in [9.17, 15) is 9.59 Å². The number of amides is 2. The molecule has 2 aliphatic rings. The van der Waals surface area contributed by atoms with Crippen molar-refractivity contribution < 1.29 is 9.59 Å². The van der Waals surface area contributed by atoms with Crippen molar-refractivity contribution >= 4 is 50.7 Å². The van der Waals surface area contributed by atoms with E-state index in [1.807, 2.05) is 29.3 Å². The van der Waals surface area contributed by atoms with Gasteiger partial charge in [0.15, 0.2) is 0 Å². The fraction of sp³-hybridized carbons (Fsp3) is 0.304. The predicted molar refractivity (Wildman–Crippen MR) is 123 cm³/mol. The summed E-state index contributed by atoms with van der Waals surface area (Å²) < 4.78 is 0.647. The van der Waals surface area contributed by atoms with Gasteiger partial charge in [0, 0.05) is 30.7 Å². The van der Waals surface area contributed by atoms with E-state index in [1.54, 1.807) is 17.0 Å². The molecule has 158 valence electrons. The third-order valence-corrected chi connectivity index (χ3v) is 6.36. The van der Waals surface area contributed by atoms with E-state index in [0.29, 0.717) is 29.2 Å². The number of carbonyl (C=O) groups excluding carboxylic acids is 2. The number of aromatic nitrogens is 3. The summed E-state index contributed by atoms with van der Waals surface area (Å²) in [5, 5.41) is 1.02. The monoisotopic (exact) mass is 479 g/mol. The fourth-order valence-corrected chi connectivity index (χ4v) is 4.56. The van der Waals surface area contributed by atoms with Crippen LogP contribution in [0, 0.1) is 5.92 Å². The second-order valence-electron chi connectivity index (χ2n) is 8.13. The first kappa shape index (κ1) is 19.9. The normalized spacial score (nSPS) is 18.7. The highest BCUT2D eigenvalue weighted by atomic mass is 79.9. The number of nitrogens with zero attached hydrogens (tertiary/aromatic N) is 4. The standard InChI is InChI=1S/C23H22BrN5O2/c1-14-12-28(23(31)19-3-2-4-20(24)26-19)10-8-16(14)18-11-21(29(13-30)15-5-6-15)27-22-17(18)7-9-25-22/h2-4,7-9,11,13-15H,5-6,10,12H2,1H3,(H,25,27). The van der Waals surface area contributed by atoms with Gasteiger partial charge in [-0.2, -0.15) is 0 Å². The summed E-state index contributed by atoms with van der Waals surface area (Å²) in [4.78, 5) is 40.3. The molecule has 0 spiro atoms. The molecular weight excluding hydrogens is 458 g/mol. The minimum Gasteiger partial charge on any atom is -0.346 e.